The van der Waals surface area contributed by atoms with Gasteiger partial charge < -0.3 is 0 Å². The number of carbonyl (C=O) groups excluding carboxylic acids is 1. The third-order valence-corrected chi connectivity index (χ3v) is 3.60. The Hall–Kier alpha value is -1.19. The van der Waals surface area contributed by atoms with Gasteiger partial charge >= 0.3 is 0 Å². The molecular formula is C15H11BrClFO. The van der Waals surface area contributed by atoms with Crippen LogP contribution in [-0.4, -0.2) is 5.78 Å². The van der Waals surface area contributed by atoms with E-state index in [9.17, 15) is 9.18 Å². The van der Waals surface area contributed by atoms with Crippen LogP contribution in [0.3, 0.4) is 0 Å². The molecule has 98 valence electrons. The number of hydrogen-bond donors (Lipinski definition) is 0. The first-order chi connectivity index (χ1) is 9.04. The Bertz CT molecular complexity index is 596. The molecule has 0 heterocycles. The summed E-state index contributed by atoms with van der Waals surface area (Å²) in [4.78, 5) is 11.9. The average Bonchev–Trinajstić information content (AvgIpc) is 2.36. The Morgan fingerprint density at radius 3 is 2.42 bits per heavy atom. The predicted octanol–water partition coefficient (Wildman–Crippen LogP) is 4.60. The van der Waals surface area contributed by atoms with E-state index in [1.54, 1.807) is 6.07 Å². The van der Waals surface area contributed by atoms with Crippen molar-refractivity contribution in [3.8, 4) is 0 Å². The van der Waals surface area contributed by atoms with Crippen LogP contribution >= 0.6 is 27.5 Å². The summed E-state index contributed by atoms with van der Waals surface area (Å²) in [5.41, 5.74) is 1.61. The Morgan fingerprint density at radius 2 is 1.79 bits per heavy atom. The van der Waals surface area contributed by atoms with Crippen LogP contribution in [-0.2, 0) is 17.6 Å². The minimum atomic E-state index is -0.394. The molecule has 4 heteroatoms. The summed E-state index contributed by atoms with van der Waals surface area (Å²) in [7, 11) is 0. The molecule has 1 nitrogen and oxygen atoms in total. The van der Waals surface area contributed by atoms with Crippen LogP contribution < -0.4 is 0 Å². The lowest BCUT2D eigenvalue weighted by molar-refractivity contribution is -0.117. The van der Waals surface area contributed by atoms with Crippen LogP contribution in [0.5, 0.6) is 0 Å². The van der Waals surface area contributed by atoms with Crippen molar-refractivity contribution in [1.82, 2.24) is 0 Å². The van der Waals surface area contributed by atoms with Crippen molar-refractivity contribution in [3.05, 3.63) is 68.9 Å². The summed E-state index contributed by atoms with van der Waals surface area (Å²) in [6, 6.07) is 11.7. The van der Waals surface area contributed by atoms with Gasteiger partial charge in [0, 0.05) is 22.3 Å². The van der Waals surface area contributed by atoms with Gasteiger partial charge in [-0.1, -0.05) is 45.7 Å². The van der Waals surface area contributed by atoms with Crippen LogP contribution in [0.2, 0.25) is 5.02 Å². The number of carbonyl (C=O) groups is 1. The molecule has 0 bridgehead atoms. The average molecular weight is 342 g/mol. The SMILES string of the molecule is O=C(Cc1ccc(Br)cc1)Cc1ccc(F)cc1Cl. The molecule has 0 aliphatic rings. The first-order valence-corrected chi connectivity index (χ1v) is 6.92. The minimum absolute atomic E-state index is 0.0517. The van der Waals surface area contributed by atoms with Gasteiger partial charge in [0.1, 0.15) is 11.6 Å². The van der Waals surface area contributed by atoms with Crippen molar-refractivity contribution in [2.24, 2.45) is 0 Å². The van der Waals surface area contributed by atoms with E-state index in [0.717, 1.165) is 10.0 Å². The third kappa shape index (κ3) is 4.15. The number of Topliss-reactive ketones (excluding diaryl/α,β-unsaturated/α-hetero) is 1. The first-order valence-electron chi connectivity index (χ1n) is 5.74. The molecule has 0 unspecified atom stereocenters. The zero-order valence-electron chi connectivity index (χ0n) is 10.00. The Morgan fingerprint density at radius 1 is 1.11 bits per heavy atom. The fourth-order valence-corrected chi connectivity index (χ4v) is 2.27. The lowest BCUT2D eigenvalue weighted by Crippen LogP contribution is -2.07. The number of rotatable bonds is 4. The van der Waals surface area contributed by atoms with Crippen molar-refractivity contribution in [2.45, 2.75) is 12.8 Å². The zero-order valence-corrected chi connectivity index (χ0v) is 12.3. The summed E-state index contributed by atoms with van der Waals surface area (Å²) in [5, 5.41) is 0.296. The maximum Gasteiger partial charge on any atom is 0.141 e. The molecule has 0 aliphatic carbocycles. The fourth-order valence-electron chi connectivity index (χ4n) is 1.77. The normalized spacial score (nSPS) is 10.5. The van der Waals surface area contributed by atoms with Gasteiger partial charge in [-0.3, -0.25) is 4.79 Å². The maximum atomic E-state index is 12.9. The molecule has 0 N–H and O–H groups in total. The van der Waals surface area contributed by atoms with Gasteiger partial charge in [-0.15, -0.1) is 0 Å². The highest BCUT2D eigenvalue weighted by Crippen LogP contribution is 2.19. The molecule has 0 saturated carbocycles. The summed E-state index contributed by atoms with van der Waals surface area (Å²) < 4.78 is 13.9. The monoisotopic (exact) mass is 340 g/mol. The van der Waals surface area contributed by atoms with E-state index in [2.05, 4.69) is 15.9 Å². The van der Waals surface area contributed by atoms with Gasteiger partial charge in [0.05, 0.1) is 0 Å². The molecule has 0 radical (unpaired) electrons. The number of ketones is 1. The quantitative estimate of drug-likeness (QED) is 0.794. The lowest BCUT2D eigenvalue weighted by Gasteiger charge is -2.04. The van der Waals surface area contributed by atoms with E-state index in [1.165, 1.54) is 12.1 Å². The molecule has 2 aromatic rings. The Labute approximate surface area is 124 Å². The Balaban J connectivity index is 2.03. The van der Waals surface area contributed by atoms with Gasteiger partial charge in [0.2, 0.25) is 0 Å². The second-order valence-electron chi connectivity index (χ2n) is 4.25. The van der Waals surface area contributed by atoms with E-state index in [1.807, 2.05) is 24.3 Å². The van der Waals surface area contributed by atoms with Crippen molar-refractivity contribution in [3.63, 3.8) is 0 Å². The fraction of sp³-hybridized carbons (Fsp3) is 0.133. The summed E-state index contributed by atoms with van der Waals surface area (Å²) in [6.07, 6.45) is 0.566. The lowest BCUT2D eigenvalue weighted by atomic mass is 10.0. The highest BCUT2D eigenvalue weighted by atomic mass is 79.9. The van der Waals surface area contributed by atoms with Gasteiger partial charge in [0.15, 0.2) is 0 Å². The number of halogens is 3. The summed E-state index contributed by atoms with van der Waals surface area (Å²) in [6.45, 7) is 0. The molecule has 2 rings (SSSR count). The van der Waals surface area contributed by atoms with Crippen molar-refractivity contribution >= 4 is 33.3 Å². The predicted molar refractivity (Wildman–Crippen MR) is 78.0 cm³/mol. The molecule has 0 fully saturated rings. The van der Waals surface area contributed by atoms with Crippen LogP contribution in [0.15, 0.2) is 46.9 Å². The summed E-state index contributed by atoms with van der Waals surface area (Å²) in [5.74, 6) is -0.343. The maximum absolute atomic E-state index is 12.9. The number of benzene rings is 2. The second kappa shape index (κ2) is 6.31. The van der Waals surface area contributed by atoms with Crippen molar-refractivity contribution < 1.29 is 9.18 Å². The topological polar surface area (TPSA) is 17.1 Å². The second-order valence-corrected chi connectivity index (χ2v) is 5.58. The molecule has 19 heavy (non-hydrogen) atoms. The van der Waals surface area contributed by atoms with Gasteiger partial charge in [-0.2, -0.15) is 0 Å². The smallest absolute Gasteiger partial charge is 0.141 e. The summed E-state index contributed by atoms with van der Waals surface area (Å²) >= 11 is 9.24. The number of hydrogen-bond acceptors (Lipinski definition) is 1. The van der Waals surface area contributed by atoms with Crippen LogP contribution in [0.25, 0.3) is 0 Å². The molecule has 0 amide bonds. The molecule has 0 saturated heterocycles. The van der Waals surface area contributed by atoms with Crippen LogP contribution in [0.1, 0.15) is 11.1 Å². The molecule has 0 aliphatic heterocycles. The van der Waals surface area contributed by atoms with Gasteiger partial charge in [-0.25, -0.2) is 4.39 Å². The molecule has 0 spiro atoms. The van der Waals surface area contributed by atoms with Crippen molar-refractivity contribution in [2.75, 3.05) is 0 Å². The van der Waals surface area contributed by atoms with E-state index >= 15 is 0 Å². The molecular weight excluding hydrogens is 331 g/mol. The van der Waals surface area contributed by atoms with Crippen molar-refractivity contribution in [1.29, 1.82) is 0 Å². The standard InChI is InChI=1S/C15H11BrClFO/c16-12-4-1-10(2-5-12)7-14(19)8-11-3-6-13(18)9-15(11)17/h1-6,9H,7-8H2. The van der Waals surface area contributed by atoms with Crippen LogP contribution in [0.4, 0.5) is 4.39 Å². The minimum Gasteiger partial charge on any atom is -0.299 e. The van der Waals surface area contributed by atoms with Gasteiger partial charge in [0.25, 0.3) is 0 Å². The van der Waals surface area contributed by atoms with Crippen LogP contribution in [0, 0.1) is 5.82 Å². The molecule has 0 aromatic heterocycles. The van der Waals surface area contributed by atoms with E-state index in [4.69, 9.17) is 11.6 Å². The first kappa shape index (κ1) is 14.2. The molecule has 0 atom stereocenters. The van der Waals surface area contributed by atoms with E-state index < -0.39 is 5.82 Å². The highest BCUT2D eigenvalue weighted by molar-refractivity contribution is 9.10. The Kier molecular flexibility index (Phi) is 4.72. The zero-order chi connectivity index (χ0) is 13.8. The van der Waals surface area contributed by atoms with Gasteiger partial charge in [-0.05, 0) is 35.4 Å². The third-order valence-electron chi connectivity index (χ3n) is 2.72. The van der Waals surface area contributed by atoms with E-state index in [-0.39, 0.29) is 12.2 Å². The van der Waals surface area contributed by atoms with E-state index in [0.29, 0.717) is 17.0 Å². The molecule has 2 aromatic carbocycles. The largest absolute Gasteiger partial charge is 0.299 e. The highest BCUT2D eigenvalue weighted by Gasteiger charge is 2.09.